The lowest BCUT2D eigenvalue weighted by molar-refractivity contribution is 0.412. The van der Waals surface area contributed by atoms with E-state index in [4.69, 9.17) is 4.74 Å². The molecule has 0 radical (unpaired) electrons. The molecule has 0 saturated carbocycles. The van der Waals surface area contributed by atoms with Crippen molar-refractivity contribution in [2.45, 2.75) is 13.0 Å². The monoisotopic (exact) mass is 313 g/mol. The van der Waals surface area contributed by atoms with Crippen molar-refractivity contribution in [1.29, 1.82) is 0 Å². The van der Waals surface area contributed by atoms with Crippen LogP contribution in [0.25, 0.3) is 0 Å². The highest BCUT2D eigenvalue weighted by Crippen LogP contribution is 2.29. The van der Waals surface area contributed by atoms with E-state index < -0.39 is 0 Å². The minimum absolute atomic E-state index is 0.194. The summed E-state index contributed by atoms with van der Waals surface area (Å²) in [6.45, 7) is 2.09. The maximum Gasteiger partial charge on any atom is 0.133 e. The van der Waals surface area contributed by atoms with Crippen LogP contribution < -0.4 is 10.1 Å². The molecule has 1 heterocycles. The predicted octanol–water partition coefficient (Wildman–Crippen LogP) is 3.48. The predicted molar refractivity (Wildman–Crippen MR) is 72.6 cm³/mol. The zero-order chi connectivity index (χ0) is 12.3. The number of ether oxygens (including phenoxy) is 1. The third-order valence-corrected chi connectivity index (χ3v) is 3.61. The number of nitrogens with zero attached hydrogens (tertiary/aromatic N) is 2. The van der Waals surface area contributed by atoms with Crippen LogP contribution in [0.3, 0.4) is 0 Å². The van der Waals surface area contributed by atoms with Crippen molar-refractivity contribution in [3.05, 3.63) is 34.4 Å². The van der Waals surface area contributed by atoms with Crippen molar-refractivity contribution in [1.82, 2.24) is 9.59 Å². The van der Waals surface area contributed by atoms with Crippen molar-refractivity contribution in [2.75, 3.05) is 12.4 Å². The Morgan fingerprint density at radius 1 is 1.47 bits per heavy atom. The molecule has 17 heavy (non-hydrogen) atoms. The van der Waals surface area contributed by atoms with E-state index in [1.165, 1.54) is 17.1 Å². The van der Waals surface area contributed by atoms with Crippen LogP contribution in [0.2, 0.25) is 0 Å². The van der Waals surface area contributed by atoms with Crippen LogP contribution in [-0.2, 0) is 0 Å². The highest BCUT2D eigenvalue weighted by Gasteiger charge is 2.09. The molecule has 0 aliphatic heterocycles. The third kappa shape index (κ3) is 2.95. The smallest absolute Gasteiger partial charge is 0.133 e. The molecule has 6 heteroatoms. The van der Waals surface area contributed by atoms with Crippen molar-refractivity contribution in [3.63, 3.8) is 0 Å². The Hall–Kier alpha value is -1.14. The zero-order valence-electron chi connectivity index (χ0n) is 9.48. The van der Waals surface area contributed by atoms with Gasteiger partial charge in [0.2, 0.25) is 0 Å². The molecule has 1 atom stereocenters. The van der Waals surface area contributed by atoms with Gasteiger partial charge in [0.1, 0.15) is 10.8 Å². The van der Waals surface area contributed by atoms with Gasteiger partial charge in [-0.15, -0.1) is 5.10 Å². The van der Waals surface area contributed by atoms with Crippen LogP contribution in [-0.4, -0.2) is 16.7 Å². The minimum atomic E-state index is 0.194. The Balaban J connectivity index is 2.14. The number of halogens is 1. The standard InChI is InChI=1S/C11H12BrN3OS/c1-7(14-11-6-13-15-17-11)8-3-4-10(16-2)9(12)5-8/h3-7,14H,1-2H3. The van der Waals surface area contributed by atoms with E-state index in [1.807, 2.05) is 18.2 Å². The van der Waals surface area contributed by atoms with Gasteiger partial charge < -0.3 is 10.1 Å². The lowest BCUT2D eigenvalue weighted by atomic mass is 10.1. The van der Waals surface area contributed by atoms with Gasteiger partial charge in [-0.25, -0.2) is 0 Å². The number of benzene rings is 1. The molecule has 0 saturated heterocycles. The molecule has 0 fully saturated rings. The average molecular weight is 314 g/mol. The number of hydrogen-bond acceptors (Lipinski definition) is 5. The largest absolute Gasteiger partial charge is 0.496 e. The van der Waals surface area contributed by atoms with Crippen molar-refractivity contribution in [3.8, 4) is 5.75 Å². The number of nitrogens with one attached hydrogen (secondary N) is 1. The number of rotatable bonds is 4. The summed E-state index contributed by atoms with van der Waals surface area (Å²) in [4.78, 5) is 0. The quantitative estimate of drug-likeness (QED) is 0.938. The minimum Gasteiger partial charge on any atom is -0.496 e. The maximum absolute atomic E-state index is 5.20. The van der Waals surface area contributed by atoms with Gasteiger partial charge in [0.05, 0.1) is 17.8 Å². The fourth-order valence-electron chi connectivity index (χ4n) is 1.48. The summed E-state index contributed by atoms with van der Waals surface area (Å²) >= 11 is 4.83. The van der Waals surface area contributed by atoms with Gasteiger partial charge in [0, 0.05) is 17.6 Å². The summed E-state index contributed by atoms with van der Waals surface area (Å²) in [6, 6.07) is 6.22. The fraction of sp³-hybridized carbons (Fsp3) is 0.273. The molecule has 0 bridgehead atoms. The van der Waals surface area contributed by atoms with Crippen LogP contribution in [0.15, 0.2) is 28.9 Å². The zero-order valence-corrected chi connectivity index (χ0v) is 11.9. The molecule has 4 nitrogen and oxygen atoms in total. The topological polar surface area (TPSA) is 47.0 Å². The first kappa shape index (κ1) is 12.3. The molecule has 1 aromatic heterocycles. The first-order chi connectivity index (χ1) is 8.20. The number of aromatic nitrogens is 2. The maximum atomic E-state index is 5.20. The van der Waals surface area contributed by atoms with E-state index in [2.05, 4.69) is 37.8 Å². The molecule has 2 aromatic rings. The van der Waals surface area contributed by atoms with Gasteiger partial charge in [0.25, 0.3) is 0 Å². The van der Waals surface area contributed by atoms with E-state index in [0.717, 1.165) is 15.2 Å². The molecule has 1 unspecified atom stereocenters. The fourth-order valence-corrected chi connectivity index (χ4v) is 2.54. The van der Waals surface area contributed by atoms with E-state index in [9.17, 15) is 0 Å². The molecule has 0 aliphatic rings. The van der Waals surface area contributed by atoms with E-state index in [0.29, 0.717) is 0 Å². The van der Waals surface area contributed by atoms with Gasteiger partial charge in [-0.2, -0.15) is 0 Å². The van der Waals surface area contributed by atoms with Gasteiger partial charge in [-0.1, -0.05) is 10.6 Å². The first-order valence-corrected chi connectivity index (χ1v) is 6.64. The molecule has 1 aromatic carbocycles. The van der Waals surface area contributed by atoms with Crippen molar-refractivity contribution >= 4 is 32.5 Å². The van der Waals surface area contributed by atoms with Gasteiger partial charge >= 0.3 is 0 Å². The average Bonchev–Trinajstić information content (AvgIpc) is 2.81. The van der Waals surface area contributed by atoms with Crippen molar-refractivity contribution < 1.29 is 4.74 Å². The SMILES string of the molecule is COc1ccc(C(C)Nc2cnns2)cc1Br. The summed E-state index contributed by atoms with van der Waals surface area (Å²) in [5, 5.41) is 8.09. The number of methoxy groups -OCH3 is 1. The molecular weight excluding hydrogens is 302 g/mol. The number of hydrogen-bond donors (Lipinski definition) is 1. The summed E-state index contributed by atoms with van der Waals surface area (Å²) in [5.41, 5.74) is 1.17. The van der Waals surface area contributed by atoms with Crippen LogP contribution in [0, 0.1) is 0 Å². The summed E-state index contributed by atoms with van der Waals surface area (Å²) in [6.07, 6.45) is 1.72. The lowest BCUT2D eigenvalue weighted by Gasteiger charge is -2.14. The Morgan fingerprint density at radius 2 is 2.29 bits per heavy atom. The van der Waals surface area contributed by atoms with E-state index >= 15 is 0 Å². The first-order valence-electron chi connectivity index (χ1n) is 5.08. The van der Waals surface area contributed by atoms with Crippen LogP contribution in [0.5, 0.6) is 5.75 Å². The highest BCUT2D eigenvalue weighted by atomic mass is 79.9. The van der Waals surface area contributed by atoms with Crippen molar-refractivity contribution in [2.24, 2.45) is 0 Å². The molecule has 90 valence electrons. The summed E-state index contributed by atoms with van der Waals surface area (Å²) in [7, 11) is 1.66. The second kappa shape index (κ2) is 5.46. The van der Waals surface area contributed by atoms with Crippen LogP contribution in [0.1, 0.15) is 18.5 Å². The number of anilines is 1. The molecule has 2 rings (SSSR count). The highest BCUT2D eigenvalue weighted by molar-refractivity contribution is 9.10. The van der Waals surface area contributed by atoms with Gasteiger partial charge in [0.15, 0.2) is 0 Å². The van der Waals surface area contributed by atoms with E-state index in [-0.39, 0.29) is 6.04 Å². The second-order valence-electron chi connectivity index (χ2n) is 3.54. The molecule has 0 aliphatic carbocycles. The normalized spacial score (nSPS) is 12.2. The molecule has 1 N–H and O–H groups in total. The molecular formula is C11H12BrN3OS. The third-order valence-electron chi connectivity index (χ3n) is 2.40. The second-order valence-corrected chi connectivity index (χ2v) is 5.18. The van der Waals surface area contributed by atoms with Gasteiger partial charge in [-0.05, 0) is 40.5 Å². The Bertz CT molecular complexity index is 489. The van der Waals surface area contributed by atoms with E-state index in [1.54, 1.807) is 13.3 Å². The Morgan fingerprint density at radius 3 is 2.88 bits per heavy atom. The summed E-state index contributed by atoms with van der Waals surface area (Å²) < 4.78 is 9.97. The lowest BCUT2D eigenvalue weighted by Crippen LogP contribution is -2.05. The Kier molecular flexibility index (Phi) is 3.96. The molecule has 0 amide bonds. The van der Waals surface area contributed by atoms with Crippen LogP contribution in [0.4, 0.5) is 5.00 Å². The van der Waals surface area contributed by atoms with Crippen LogP contribution >= 0.6 is 27.5 Å². The summed E-state index contributed by atoms with van der Waals surface area (Å²) in [5.74, 6) is 0.834. The molecule has 0 spiro atoms. The Labute approximate surface area is 112 Å². The van der Waals surface area contributed by atoms with Gasteiger partial charge in [-0.3, -0.25) is 0 Å².